The Hall–Kier alpha value is -5.78. The van der Waals surface area contributed by atoms with Crippen LogP contribution in [0.2, 0.25) is 0 Å². The minimum atomic E-state index is -0.718. The van der Waals surface area contributed by atoms with Gasteiger partial charge in [-0.2, -0.15) is 0 Å². The molecule has 5 amide bonds. The average molecular weight is 896 g/mol. The fourth-order valence-corrected chi connectivity index (χ4v) is 9.16. The van der Waals surface area contributed by atoms with Crippen molar-refractivity contribution < 1.29 is 47.7 Å². The maximum atomic E-state index is 13.3. The number of hydrogen-bond acceptors (Lipinski definition) is 13. The van der Waals surface area contributed by atoms with Gasteiger partial charge in [0.25, 0.3) is 5.91 Å². The Kier molecular flexibility index (Phi) is 16.3. The SMILES string of the molecule is CC[C@@H]1C(=O)N(C)c2cnc(Cc3ccc(C(=O)CCCOCCOCCOCCCCC(=O)Nc4cccc5c4CN(C4CCC(=O)NC4=O)C5=O)cc3OC)nc2N1C1CCCC1. The summed E-state index contributed by atoms with van der Waals surface area (Å²) in [6.07, 6.45) is 10.2. The van der Waals surface area contributed by atoms with Gasteiger partial charge in [0, 0.05) is 86.5 Å². The number of unbranched alkanes of at least 4 members (excludes halogenated alkanes) is 1. The first-order valence-corrected chi connectivity index (χ1v) is 23.0. The molecule has 2 fully saturated rings. The van der Waals surface area contributed by atoms with Crippen LogP contribution in [0.25, 0.3) is 0 Å². The second-order valence-corrected chi connectivity index (χ2v) is 17.0. The molecule has 0 spiro atoms. The summed E-state index contributed by atoms with van der Waals surface area (Å²) in [5.41, 5.74) is 3.83. The molecular weight excluding hydrogens is 835 g/mol. The summed E-state index contributed by atoms with van der Waals surface area (Å²) < 4.78 is 22.7. The highest BCUT2D eigenvalue weighted by Crippen LogP contribution is 2.40. The van der Waals surface area contributed by atoms with E-state index in [0.717, 1.165) is 42.8 Å². The molecule has 17 nitrogen and oxygen atoms in total. The lowest BCUT2D eigenvalue weighted by atomic mass is 10.0. The fraction of sp³-hybridized carbons (Fsp3) is 0.542. The van der Waals surface area contributed by atoms with E-state index in [9.17, 15) is 28.8 Å². The number of aromatic nitrogens is 2. The van der Waals surface area contributed by atoms with E-state index in [4.69, 9.17) is 23.9 Å². The highest BCUT2D eigenvalue weighted by atomic mass is 16.5. The van der Waals surface area contributed by atoms with Crippen LogP contribution in [0, 0.1) is 0 Å². The van der Waals surface area contributed by atoms with Crippen molar-refractivity contribution in [1.29, 1.82) is 0 Å². The molecule has 3 aromatic rings. The third kappa shape index (κ3) is 11.4. The Morgan fingerprint density at radius 2 is 1.63 bits per heavy atom. The first kappa shape index (κ1) is 47.2. The van der Waals surface area contributed by atoms with Crippen molar-refractivity contribution in [3.8, 4) is 5.75 Å². The number of anilines is 3. The van der Waals surface area contributed by atoms with Crippen LogP contribution >= 0.6 is 0 Å². The van der Waals surface area contributed by atoms with E-state index in [-0.39, 0.29) is 67.3 Å². The molecule has 7 rings (SSSR count). The van der Waals surface area contributed by atoms with Crippen molar-refractivity contribution in [2.75, 3.05) is 68.9 Å². The van der Waals surface area contributed by atoms with E-state index in [0.29, 0.717) is 112 Å². The number of fused-ring (bicyclic) bond motifs is 2. The molecule has 17 heteroatoms. The van der Waals surface area contributed by atoms with E-state index < -0.39 is 11.9 Å². The topological polar surface area (TPSA) is 199 Å². The number of carbonyl (C=O) groups excluding carboxylic acids is 6. The largest absolute Gasteiger partial charge is 0.496 e. The van der Waals surface area contributed by atoms with Gasteiger partial charge in [-0.1, -0.05) is 38.0 Å². The number of likely N-dealkylation sites (N-methyl/N-ethyl adjacent to an activating group) is 1. The van der Waals surface area contributed by atoms with Gasteiger partial charge in [0.05, 0.1) is 39.7 Å². The molecular formula is C48H61N7O10. The van der Waals surface area contributed by atoms with Crippen LogP contribution < -0.4 is 25.2 Å². The first-order valence-electron chi connectivity index (χ1n) is 23.0. The number of ether oxygens (including phenoxy) is 4. The zero-order valence-corrected chi connectivity index (χ0v) is 37.7. The van der Waals surface area contributed by atoms with Crippen LogP contribution in [0.1, 0.15) is 122 Å². The summed E-state index contributed by atoms with van der Waals surface area (Å²) in [5, 5.41) is 5.21. The molecule has 1 unspecified atom stereocenters. The monoisotopic (exact) mass is 895 g/mol. The first-order chi connectivity index (χ1) is 31.6. The van der Waals surface area contributed by atoms with Crippen molar-refractivity contribution in [3.63, 3.8) is 0 Å². The normalized spacial score (nSPS) is 18.5. The lowest BCUT2D eigenvalue weighted by molar-refractivity contribution is -0.137. The van der Waals surface area contributed by atoms with Crippen LogP contribution in [0.5, 0.6) is 5.75 Å². The Bertz CT molecular complexity index is 2230. The zero-order valence-electron chi connectivity index (χ0n) is 37.7. The van der Waals surface area contributed by atoms with Crippen molar-refractivity contribution in [3.05, 3.63) is 70.7 Å². The molecule has 4 aliphatic rings. The maximum absolute atomic E-state index is 13.3. The summed E-state index contributed by atoms with van der Waals surface area (Å²) in [7, 11) is 3.39. The third-order valence-electron chi connectivity index (χ3n) is 12.7. The molecule has 3 aliphatic heterocycles. The number of hydrogen-bond donors (Lipinski definition) is 2. The summed E-state index contributed by atoms with van der Waals surface area (Å²) in [5.74, 6) is 0.840. The summed E-state index contributed by atoms with van der Waals surface area (Å²) in [4.78, 5) is 91.1. The number of Topliss-reactive ketones (excluding diaryl/α,β-unsaturated/α-hetero) is 1. The molecule has 4 heterocycles. The van der Waals surface area contributed by atoms with Crippen molar-refractivity contribution in [2.45, 2.75) is 115 Å². The quantitative estimate of drug-likeness (QED) is 0.0720. The third-order valence-corrected chi connectivity index (χ3v) is 12.7. The Labute approximate surface area is 379 Å². The summed E-state index contributed by atoms with van der Waals surface area (Å²) in [6, 6.07) is 9.95. The highest BCUT2D eigenvalue weighted by molar-refractivity contribution is 6.07. The van der Waals surface area contributed by atoms with Gasteiger partial charge >= 0.3 is 0 Å². The molecule has 2 atom stereocenters. The van der Waals surface area contributed by atoms with E-state index in [2.05, 4.69) is 27.4 Å². The molecule has 2 N–H and O–H groups in total. The molecule has 65 heavy (non-hydrogen) atoms. The molecule has 0 bridgehead atoms. The second kappa shape index (κ2) is 22.4. The predicted octanol–water partition coefficient (Wildman–Crippen LogP) is 5.16. The minimum absolute atomic E-state index is 0.000151. The van der Waals surface area contributed by atoms with Gasteiger partial charge in [-0.3, -0.25) is 34.1 Å². The molecule has 2 aromatic carbocycles. The smallest absolute Gasteiger partial charge is 0.255 e. The molecule has 0 radical (unpaired) electrons. The number of piperidine rings is 1. The number of nitrogens with one attached hydrogen (secondary N) is 2. The minimum Gasteiger partial charge on any atom is -0.496 e. The van der Waals surface area contributed by atoms with Gasteiger partial charge in [0.2, 0.25) is 23.6 Å². The number of methoxy groups -OCH3 is 1. The highest BCUT2D eigenvalue weighted by Gasteiger charge is 2.42. The van der Waals surface area contributed by atoms with Crippen LogP contribution in [-0.4, -0.2) is 122 Å². The molecule has 1 aromatic heterocycles. The predicted molar refractivity (Wildman–Crippen MR) is 241 cm³/mol. The molecule has 1 saturated heterocycles. The lowest BCUT2D eigenvalue weighted by Gasteiger charge is -2.43. The number of carbonyl (C=O) groups is 6. The number of imide groups is 1. The Morgan fingerprint density at radius 1 is 0.892 bits per heavy atom. The second-order valence-electron chi connectivity index (χ2n) is 17.0. The molecule has 1 aliphatic carbocycles. The van der Waals surface area contributed by atoms with Crippen LogP contribution in [0.3, 0.4) is 0 Å². The number of amides is 5. The average Bonchev–Trinajstić information content (AvgIpc) is 3.96. The van der Waals surface area contributed by atoms with E-state index >= 15 is 0 Å². The molecule has 348 valence electrons. The van der Waals surface area contributed by atoms with Crippen LogP contribution in [0.4, 0.5) is 17.2 Å². The lowest BCUT2D eigenvalue weighted by Crippen LogP contribution is -2.55. The number of ketones is 1. The Balaban J connectivity index is 0.738. The number of rotatable bonds is 23. The number of nitrogens with zero attached hydrogens (tertiary/aromatic N) is 5. The van der Waals surface area contributed by atoms with Crippen molar-refractivity contribution in [2.24, 2.45) is 0 Å². The summed E-state index contributed by atoms with van der Waals surface area (Å²) in [6.45, 7) is 4.76. The van der Waals surface area contributed by atoms with E-state index in [1.165, 1.54) is 4.90 Å². The number of benzene rings is 2. The summed E-state index contributed by atoms with van der Waals surface area (Å²) >= 11 is 0. The van der Waals surface area contributed by atoms with Gasteiger partial charge < -0.3 is 39.0 Å². The fourth-order valence-electron chi connectivity index (χ4n) is 9.16. The van der Waals surface area contributed by atoms with Gasteiger partial charge in [-0.25, -0.2) is 9.97 Å². The van der Waals surface area contributed by atoms with Gasteiger partial charge in [0.15, 0.2) is 11.6 Å². The maximum Gasteiger partial charge on any atom is 0.255 e. The Morgan fingerprint density at radius 3 is 2.35 bits per heavy atom. The zero-order chi connectivity index (χ0) is 45.9. The van der Waals surface area contributed by atoms with Crippen LogP contribution in [0.15, 0.2) is 42.6 Å². The molecule has 1 saturated carbocycles. The van der Waals surface area contributed by atoms with Crippen LogP contribution in [-0.2, 0) is 46.4 Å². The van der Waals surface area contributed by atoms with Crippen molar-refractivity contribution in [1.82, 2.24) is 20.2 Å². The van der Waals surface area contributed by atoms with Crippen molar-refractivity contribution >= 4 is 52.5 Å². The van der Waals surface area contributed by atoms with Gasteiger partial charge in [-0.05, 0) is 63.1 Å². The van der Waals surface area contributed by atoms with E-state index in [1.807, 2.05) is 12.1 Å². The van der Waals surface area contributed by atoms with Gasteiger partial charge in [0.1, 0.15) is 29.3 Å². The van der Waals surface area contributed by atoms with E-state index in [1.54, 1.807) is 49.5 Å². The van der Waals surface area contributed by atoms with Gasteiger partial charge in [-0.15, -0.1) is 0 Å². The standard InChI is InChI=1S/C48H61N7O10/c1-4-37-48(61)53(2)39-29-49-42(51-45(39)55(37)33-11-5-6-12-33)28-32-18-17-31(27-41(32)62-3)40(56)15-10-22-64-24-26-65-25-23-63-21-8-7-16-43(57)50-36-14-9-13-34-35(36)30-54(47(34)60)38-19-20-44(58)52-46(38)59/h9,13-14,17-18,27,29,33,37-38H,4-8,10-12,15-16,19-26,28,30H2,1-3H3,(H,50,57)(H,52,58,59)/t37-,38?/m1/s1.